The Hall–Kier alpha value is -2.19. The van der Waals surface area contributed by atoms with Gasteiger partial charge in [-0.1, -0.05) is 0 Å². The van der Waals surface area contributed by atoms with Gasteiger partial charge in [0.15, 0.2) is 15.7 Å². The second-order valence-corrected chi connectivity index (χ2v) is 11.1. The summed E-state index contributed by atoms with van der Waals surface area (Å²) in [7, 11) is -3.34. The maximum atomic E-state index is 13.1. The van der Waals surface area contributed by atoms with Crippen LogP contribution in [0.2, 0.25) is 0 Å². The predicted molar refractivity (Wildman–Crippen MR) is 114 cm³/mol. The van der Waals surface area contributed by atoms with E-state index in [-0.39, 0.29) is 6.04 Å². The molecule has 156 valence electrons. The van der Waals surface area contributed by atoms with E-state index < -0.39 is 19.8 Å². The number of nitrogen functional groups attached to an aromatic ring is 1. The van der Waals surface area contributed by atoms with Crippen molar-refractivity contribution in [2.45, 2.75) is 49.7 Å². The zero-order valence-corrected chi connectivity index (χ0v) is 17.9. The van der Waals surface area contributed by atoms with Gasteiger partial charge in [-0.25, -0.2) is 18.4 Å². The summed E-state index contributed by atoms with van der Waals surface area (Å²) in [5, 5.41) is -0.453. The zero-order valence-electron chi connectivity index (χ0n) is 17.1. The van der Waals surface area contributed by atoms with Crippen LogP contribution in [0.5, 0.6) is 0 Å². The van der Waals surface area contributed by atoms with Crippen LogP contribution in [0, 0.1) is 0 Å². The highest BCUT2D eigenvalue weighted by Crippen LogP contribution is 2.54. The molecule has 0 spiro atoms. The van der Waals surface area contributed by atoms with Crippen LogP contribution in [0.4, 0.5) is 11.5 Å². The van der Waals surface area contributed by atoms with E-state index in [9.17, 15) is 8.42 Å². The van der Waals surface area contributed by atoms with Crippen molar-refractivity contribution in [2.24, 2.45) is 0 Å². The number of hydrogen-bond donors (Lipinski definition) is 1. The molecule has 2 aliphatic rings. The Bertz CT molecular complexity index is 1000. The number of hydrogen-bond acceptors (Lipinski definition) is 7. The predicted octanol–water partition coefficient (Wildman–Crippen LogP) is 2.76. The molecule has 2 aromatic rings. The molecule has 1 saturated heterocycles. The van der Waals surface area contributed by atoms with Crippen molar-refractivity contribution in [2.75, 3.05) is 30.4 Å². The van der Waals surface area contributed by atoms with Crippen molar-refractivity contribution in [3.05, 3.63) is 36.0 Å². The summed E-state index contributed by atoms with van der Waals surface area (Å²) in [6.45, 7) is 7.51. The van der Waals surface area contributed by atoms with Gasteiger partial charge in [-0.3, -0.25) is 0 Å². The van der Waals surface area contributed by atoms with Crippen LogP contribution >= 0.6 is 0 Å². The van der Waals surface area contributed by atoms with E-state index in [1.54, 1.807) is 26.0 Å². The first kappa shape index (κ1) is 20.1. The first-order chi connectivity index (χ1) is 13.7. The molecule has 0 unspecified atom stereocenters. The largest absolute Gasteiger partial charge is 0.399 e. The van der Waals surface area contributed by atoms with E-state index in [0.717, 1.165) is 11.4 Å². The lowest BCUT2D eigenvalue weighted by Gasteiger charge is -2.35. The molecule has 1 aromatic carbocycles. The Morgan fingerprint density at radius 2 is 1.90 bits per heavy atom. The Balaban J connectivity index is 1.86. The number of benzene rings is 1. The number of sulfone groups is 1. The average molecular weight is 417 g/mol. The van der Waals surface area contributed by atoms with E-state index in [2.05, 4.69) is 11.8 Å². The third kappa shape index (κ3) is 3.48. The highest BCUT2D eigenvalue weighted by atomic mass is 32.2. The van der Waals surface area contributed by atoms with Crippen molar-refractivity contribution in [1.29, 1.82) is 0 Å². The summed E-state index contributed by atoms with van der Waals surface area (Å²) >= 11 is 0. The molecular weight excluding hydrogens is 388 g/mol. The van der Waals surface area contributed by atoms with Crippen LogP contribution in [0.1, 0.15) is 39.3 Å². The van der Waals surface area contributed by atoms with Gasteiger partial charge in [-0.2, -0.15) is 0 Å². The van der Waals surface area contributed by atoms with Crippen molar-refractivity contribution < 1.29 is 13.2 Å². The van der Waals surface area contributed by atoms with E-state index in [4.69, 9.17) is 20.4 Å². The monoisotopic (exact) mass is 416 g/mol. The Morgan fingerprint density at radius 1 is 1.21 bits per heavy atom. The minimum absolute atomic E-state index is 0.155. The fraction of sp³-hybridized carbons (Fsp3) is 0.524. The summed E-state index contributed by atoms with van der Waals surface area (Å²) < 4.78 is 31.0. The number of ether oxygens (including phenoxy) is 1. The molecule has 0 amide bonds. The van der Waals surface area contributed by atoms with Crippen LogP contribution in [-0.2, 0) is 19.3 Å². The van der Waals surface area contributed by atoms with Crippen LogP contribution < -0.4 is 10.6 Å². The smallest absolute Gasteiger partial charge is 0.164 e. The normalized spacial score (nSPS) is 21.4. The molecule has 2 fully saturated rings. The molecule has 1 aliphatic heterocycles. The SMILES string of the molecule is CC(C)S(=O)(=O)C1(c2cc(N3CCOC[C@@H]3C)nc(-c3ccc(N)cc3)n2)CC1. The van der Waals surface area contributed by atoms with Crippen molar-refractivity contribution in [1.82, 2.24) is 9.97 Å². The Kier molecular flexibility index (Phi) is 5.02. The molecule has 29 heavy (non-hydrogen) atoms. The number of nitrogens with two attached hydrogens (primary N) is 1. The van der Waals surface area contributed by atoms with Gasteiger partial charge in [0.1, 0.15) is 10.6 Å². The number of nitrogens with zero attached hydrogens (tertiary/aromatic N) is 3. The number of aromatic nitrogens is 2. The van der Waals surface area contributed by atoms with Gasteiger partial charge in [-0.05, 0) is 57.9 Å². The third-order valence-corrected chi connectivity index (χ3v) is 8.83. The topological polar surface area (TPSA) is 98.4 Å². The quantitative estimate of drug-likeness (QED) is 0.748. The fourth-order valence-corrected chi connectivity index (χ4v) is 5.86. The summed E-state index contributed by atoms with van der Waals surface area (Å²) in [6.07, 6.45) is 1.20. The first-order valence-corrected chi connectivity index (χ1v) is 11.6. The lowest BCUT2D eigenvalue weighted by molar-refractivity contribution is 0.0985. The van der Waals surface area contributed by atoms with Gasteiger partial charge in [0.05, 0.1) is 30.2 Å². The van der Waals surface area contributed by atoms with Crippen LogP contribution in [-0.4, -0.2) is 49.4 Å². The summed E-state index contributed by atoms with van der Waals surface area (Å²) in [5.41, 5.74) is 7.91. The molecule has 1 aromatic heterocycles. The van der Waals surface area contributed by atoms with Crippen molar-refractivity contribution >= 4 is 21.3 Å². The number of rotatable bonds is 5. The molecule has 8 heteroatoms. The molecule has 1 saturated carbocycles. The molecule has 0 bridgehead atoms. The van der Waals surface area contributed by atoms with Gasteiger partial charge < -0.3 is 15.4 Å². The van der Waals surface area contributed by atoms with Crippen molar-refractivity contribution in [3.63, 3.8) is 0 Å². The Labute approximate surface area is 172 Å². The van der Waals surface area contributed by atoms with E-state index in [0.29, 0.717) is 49.8 Å². The highest BCUT2D eigenvalue weighted by molar-refractivity contribution is 7.93. The molecule has 1 aliphatic carbocycles. The van der Waals surface area contributed by atoms with E-state index in [1.807, 2.05) is 18.2 Å². The molecule has 2 N–H and O–H groups in total. The maximum Gasteiger partial charge on any atom is 0.164 e. The first-order valence-electron chi connectivity index (χ1n) is 10.1. The minimum Gasteiger partial charge on any atom is -0.399 e. The summed E-state index contributed by atoms with van der Waals surface area (Å²) in [5.74, 6) is 1.28. The lowest BCUT2D eigenvalue weighted by Crippen LogP contribution is -2.44. The fourth-order valence-electron chi connectivity index (χ4n) is 3.89. The minimum atomic E-state index is -3.34. The number of morpholine rings is 1. The number of anilines is 2. The molecule has 7 nitrogen and oxygen atoms in total. The van der Waals surface area contributed by atoms with Gasteiger partial charge in [0.25, 0.3) is 0 Å². The van der Waals surface area contributed by atoms with Crippen LogP contribution in [0.15, 0.2) is 30.3 Å². The molecule has 0 radical (unpaired) electrons. The molecule has 1 atom stereocenters. The zero-order chi connectivity index (χ0) is 20.8. The van der Waals surface area contributed by atoms with Crippen LogP contribution in [0.3, 0.4) is 0 Å². The molecule has 2 heterocycles. The van der Waals surface area contributed by atoms with Crippen molar-refractivity contribution in [3.8, 4) is 11.4 Å². The highest BCUT2D eigenvalue weighted by Gasteiger charge is 2.58. The second-order valence-electron chi connectivity index (χ2n) is 8.26. The second kappa shape index (κ2) is 7.25. The van der Waals surface area contributed by atoms with Gasteiger partial charge >= 0.3 is 0 Å². The summed E-state index contributed by atoms with van der Waals surface area (Å²) in [6, 6.07) is 9.38. The Morgan fingerprint density at radius 3 is 2.48 bits per heavy atom. The molecular formula is C21H28N4O3S. The standard InChI is InChI=1S/C21H28N4O3S/c1-14(2)29(26,27)21(8-9-21)18-12-19(25-10-11-28-13-15(25)3)24-20(23-18)16-4-6-17(22)7-5-16/h4-7,12,14-15H,8-11,13,22H2,1-3H3/t15-/m0/s1. The van der Waals surface area contributed by atoms with Gasteiger partial charge in [0.2, 0.25) is 0 Å². The molecule has 4 rings (SSSR count). The summed E-state index contributed by atoms with van der Waals surface area (Å²) in [4.78, 5) is 11.7. The van der Waals surface area contributed by atoms with E-state index >= 15 is 0 Å². The average Bonchev–Trinajstić information content (AvgIpc) is 3.51. The van der Waals surface area contributed by atoms with Crippen LogP contribution in [0.25, 0.3) is 11.4 Å². The van der Waals surface area contributed by atoms with Gasteiger partial charge in [0, 0.05) is 23.9 Å². The maximum absolute atomic E-state index is 13.1. The van der Waals surface area contributed by atoms with E-state index in [1.165, 1.54) is 0 Å². The van der Waals surface area contributed by atoms with Gasteiger partial charge in [-0.15, -0.1) is 0 Å². The lowest BCUT2D eigenvalue weighted by atomic mass is 10.1. The third-order valence-electron chi connectivity index (χ3n) is 5.88.